The lowest BCUT2D eigenvalue weighted by molar-refractivity contribution is 0.393. The summed E-state index contributed by atoms with van der Waals surface area (Å²) in [6, 6.07) is 7.31. The summed E-state index contributed by atoms with van der Waals surface area (Å²) in [5.74, 6) is 0.217. The van der Waals surface area contributed by atoms with Gasteiger partial charge in [0.25, 0.3) is 5.56 Å². The predicted octanol–water partition coefficient (Wildman–Crippen LogP) is 1.51. The number of aromatic nitrogens is 2. The van der Waals surface area contributed by atoms with E-state index in [-0.39, 0.29) is 11.3 Å². The van der Waals surface area contributed by atoms with Crippen LogP contribution in [0.15, 0.2) is 45.3 Å². The number of hydrogen-bond donors (Lipinski definition) is 2. The van der Waals surface area contributed by atoms with Crippen molar-refractivity contribution in [2.45, 2.75) is 9.92 Å². The quantitative estimate of drug-likeness (QED) is 0.636. The van der Waals surface area contributed by atoms with Gasteiger partial charge in [-0.05, 0) is 24.3 Å². The molecule has 0 fully saturated rings. The molecular weight excluding hydrogens is 238 g/mol. The van der Waals surface area contributed by atoms with Crippen LogP contribution in [0, 0.1) is 0 Å². The summed E-state index contributed by atoms with van der Waals surface area (Å²) in [5.41, 5.74) is 6.00. The van der Waals surface area contributed by atoms with Crippen molar-refractivity contribution in [2.75, 3.05) is 12.8 Å². The lowest BCUT2D eigenvalue weighted by atomic mass is 10.3. The van der Waals surface area contributed by atoms with E-state index in [2.05, 4.69) is 9.97 Å². The molecule has 0 amide bonds. The number of aromatic amines is 1. The van der Waals surface area contributed by atoms with E-state index < -0.39 is 0 Å². The molecular formula is C11H11N3O2S. The summed E-state index contributed by atoms with van der Waals surface area (Å²) in [7, 11) is 1.44. The highest BCUT2D eigenvalue weighted by atomic mass is 32.2. The zero-order valence-corrected chi connectivity index (χ0v) is 9.95. The molecule has 0 aliphatic carbocycles. The molecule has 0 spiro atoms. The molecule has 17 heavy (non-hydrogen) atoms. The number of benzene rings is 1. The molecule has 88 valence electrons. The van der Waals surface area contributed by atoms with Crippen LogP contribution in [0.4, 0.5) is 5.69 Å². The zero-order valence-electron chi connectivity index (χ0n) is 9.14. The van der Waals surface area contributed by atoms with Crippen molar-refractivity contribution in [2.24, 2.45) is 0 Å². The van der Waals surface area contributed by atoms with Gasteiger partial charge < -0.3 is 15.5 Å². The minimum Gasteiger partial charge on any atom is -0.489 e. The van der Waals surface area contributed by atoms with Gasteiger partial charge in [0.2, 0.25) is 5.75 Å². The van der Waals surface area contributed by atoms with E-state index in [4.69, 9.17) is 10.5 Å². The van der Waals surface area contributed by atoms with E-state index in [1.54, 1.807) is 12.1 Å². The highest BCUT2D eigenvalue weighted by Gasteiger charge is 2.10. The molecule has 1 aromatic heterocycles. The molecule has 0 saturated heterocycles. The molecule has 3 N–H and O–H groups in total. The fourth-order valence-corrected chi connectivity index (χ4v) is 2.14. The summed E-state index contributed by atoms with van der Waals surface area (Å²) in [6.07, 6.45) is 1.35. The van der Waals surface area contributed by atoms with Crippen LogP contribution in [-0.2, 0) is 0 Å². The van der Waals surface area contributed by atoms with E-state index in [0.717, 1.165) is 4.90 Å². The number of nitrogens with one attached hydrogen (secondary N) is 1. The first-order valence-electron chi connectivity index (χ1n) is 4.86. The Balaban J connectivity index is 2.33. The van der Waals surface area contributed by atoms with Crippen LogP contribution in [-0.4, -0.2) is 17.1 Å². The molecule has 1 aromatic carbocycles. The molecule has 0 bridgehead atoms. The van der Waals surface area contributed by atoms with Gasteiger partial charge in [-0.3, -0.25) is 4.79 Å². The number of anilines is 1. The lowest BCUT2D eigenvalue weighted by Gasteiger charge is -2.05. The van der Waals surface area contributed by atoms with Crippen molar-refractivity contribution in [1.82, 2.24) is 9.97 Å². The summed E-state index contributed by atoms with van der Waals surface area (Å²) < 4.78 is 5.02. The van der Waals surface area contributed by atoms with Crippen molar-refractivity contribution in [3.63, 3.8) is 0 Å². The molecule has 0 radical (unpaired) electrons. The van der Waals surface area contributed by atoms with E-state index in [9.17, 15) is 4.79 Å². The first-order chi connectivity index (χ1) is 8.20. The third kappa shape index (κ3) is 2.59. The smallest absolute Gasteiger partial charge is 0.294 e. The minimum absolute atomic E-state index is 0.217. The Morgan fingerprint density at radius 3 is 2.71 bits per heavy atom. The number of ether oxygens (including phenoxy) is 1. The first-order valence-corrected chi connectivity index (χ1v) is 5.67. The highest BCUT2D eigenvalue weighted by Crippen LogP contribution is 2.30. The maximum absolute atomic E-state index is 11.5. The van der Waals surface area contributed by atoms with Gasteiger partial charge in [-0.1, -0.05) is 11.8 Å². The van der Waals surface area contributed by atoms with Crippen LogP contribution >= 0.6 is 11.8 Å². The van der Waals surface area contributed by atoms with Gasteiger partial charge >= 0.3 is 0 Å². The van der Waals surface area contributed by atoms with Gasteiger partial charge in [0.1, 0.15) is 0 Å². The van der Waals surface area contributed by atoms with Crippen LogP contribution in [0.25, 0.3) is 0 Å². The fourth-order valence-electron chi connectivity index (χ4n) is 1.27. The highest BCUT2D eigenvalue weighted by molar-refractivity contribution is 7.99. The Morgan fingerprint density at radius 1 is 1.35 bits per heavy atom. The van der Waals surface area contributed by atoms with Crippen molar-refractivity contribution >= 4 is 17.4 Å². The molecule has 6 heteroatoms. The molecule has 0 aliphatic rings. The molecule has 1 heterocycles. The number of rotatable bonds is 3. The normalized spacial score (nSPS) is 10.2. The monoisotopic (exact) mass is 249 g/mol. The Hall–Kier alpha value is -1.95. The van der Waals surface area contributed by atoms with Gasteiger partial charge in [-0.25, -0.2) is 4.98 Å². The average Bonchev–Trinajstić information content (AvgIpc) is 2.32. The lowest BCUT2D eigenvalue weighted by Crippen LogP contribution is -2.10. The molecule has 0 aliphatic heterocycles. The summed E-state index contributed by atoms with van der Waals surface area (Å²) in [5, 5.41) is 0.529. The van der Waals surface area contributed by atoms with Crippen LogP contribution in [0.1, 0.15) is 0 Å². The van der Waals surface area contributed by atoms with Crippen LogP contribution in [0.5, 0.6) is 5.75 Å². The Morgan fingerprint density at radius 2 is 2.06 bits per heavy atom. The molecule has 0 saturated carbocycles. The zero-order chi connectivity index (χ0) is 12.3. The number of methoxy groups -OCH3 is 1. The second kappa shape index (κ2) is 4.92. The summed E-state index contributed by atoms with van der Waals surface area (Å²) >= 11 is 1.35. The molecule has 0 atom stereocenters. The molecule has 2 rings (SSSR count). The number of hydrogen-bond acceptors (Lipinski definition) is 5. The number of nitrogens with zero attached hydrogens (tertiary/aromatic N) is 1. The maximum atomic E-state index is 11.5. The Kier molecular flexibility index (Phi) is 3.34. The van der Waals surface area contributed by atoms with Crippen LogP contribution in [0.3, 0.4) is 0 Å². The topological polar surface area (TPSA) is 81.0 Å². The SMILES string of the molecule is COc1c(Sc2ccc(N)cc2)nc[nH]c1=O. The third-order valence-corrected chi connectivity index (χ3v) is 3.07. The average molecular weight is 249 g/mol. The Bertz CT molecular complexity index is 566. The fraction of sp³-hybridized carbons (Fsp3) is 0.0909. The number of nitrogen functional groups attached to an aromatic ring is 1. The number of nitrogens with two attached hydrogens (primary N) is 1. The van der Waals surface area contributed by atoms with E-state index in [1.165, 1.54) is 25.2 Å². The van der Waals surface area contributed by atoms with E-state index in [1.807, 2.05) is 12.1 Å². The predicted molar refractivity (Wildman–Crippen MR) is 66.4 cm³/mol. The van der Waals surface area contributed by atoms with Gasteiger partial charge in [0, 0.05) is 10.6 Å². The minimum atomic E-state index is -0.291. The van der Waals surface area contributed by atoms with Gasteiger partial charge in [-0.15, -0.1) is 0 Å². The molecule has 2 aromatic rings. The second-order valence-corrected chi connectivity index (χ2v) is 4.30. The van der Waals surface area contributed by atoms with Crippen molar-refractivity contribution < 1.29 is 4.74 Å². The van der Waals surface area contributed by atoms with E-state index >= 15 is 0 Å². The van der Waals surface area contributed by atoms with Gasteiger partial charge in [0.05, 0.1) is 13.4 Å². The standard InChI is InChI=1S/C11H11N3O2S/c1-16-9-10(15)13-6-14-11(9)17-8-4-2-7(12)3-5-8/h2-6H,12H2,1H3,(H,13,14,15). The Labute approximate surface area is 102 Å². The van der Waals surface area contributed by atoms with Gasteiger partial charge in [-0.2, -0.15) is 0 Å². The first kappa shape index (κ1) is 11.5. The van der Waals surface area contributed by atoms with Gasteiger partial charge in [0.15, 0.2) is 5.03 Å². The maximum Gasteiger partial charge on any atom is 0.294 e. The molecule has 5 nitrogen and oxygen atoms in total. The summed E-state index contributed by atoms with van der Waals surface area (Å²) in [4.78, 5) is 18.9. The van der Waals surface area contributed by atoms with Crippen molar-refractivity contribution in [3.05, 3.63) is 40.9 Å². The second-order valence-electron chi connectivity index (χ2n) is 3.24. The van der Waals surface area contributed by atoms with Crippen LogP contribution < -0.4 is 16.0 Å². The van der Waals surface area contributed by atoms with Crippen molar-refractivity contribution in [3.8, 4) is 5.75 Å². The van der Waals surface area contributed by atoms with E-state index in [0.29, 0.717) is 10.7 Å². The largest absolute Gasteiger partial charge is 0.489 e. The summed E-state index contributed by atoms with van der Waals surface area (Å²) in [6.45, 7) is 0. The van der Waals surface area contributed by atoms with Crippen molar-refractivity contribution in [1.29, 1.82) is 0 Å². The number of H-pyrrole nitrogens is 1. The van der Waals surface area contributed by atoms with Crippen LogP contribution in [0.2, 0.25) is 0 Å². The third-order valence-electron chi connectivity index (χ3n) is 2.08. The molecule has 0 unspecified atom stereocenters.